The van der Waals surface area contributed by atoms with Gasteiger partial charge in [0.2, 0.25) is 0 Å². The van der Waals surface area contributed by atoms with Crippen molar-refractivity contribution in [3.63, 3.8) is 0 Å². The Kier molecular flexibility index (Phi) is 0.895. The number of hydrogen-bond acceptors (Lipinski definition) is 0. The molecule has 1 heteroatoms. The highest BCUT2D eigenvalue weighted by Crippen LogP contribution is 1.99. The highest BCUT2D eigenvalue weighted by atomic mass is 14.7. The fourth-order valence-electron chi connectivity index (χ4n) is 0.394. The van der Waals surface area contributed by atoms with E-state index < -0.39 is 0 Å². The molecule has 0 spiro atoms. The number of aromatic nitrogens is 1. The van der Waals surface area contributed by atoms with Crippen molar-refractivity contribution in [2.45, 2.75) is 0 Å². The maximum atomic E-state index is 5.28. The van der Waals surface area contributed by atoms with Crippen molar-refractivity contribution in [2.75, 3.05) is 0 Å². The maximum Gasteiger partial charge on any atom is 0.0228 e. The summed E-state index contributed by atoms with van der Waals surface area (Å²) < 4.78 is 0. The van der Waals surface area contributed by atoms with Gasteiger partial charge < -0.3 is 4.98 Å². The van der Waals surface area contributed by atoms with Crippen molar-refractivity contribution in [1.29, 1.82) is 0 Å². The largest absolute Gasteiger partial charge is 0.364 e. The minimum atomic E-state index is 0.542. The van der Waals surface area contributed by atoms with Crippen LogP contribution in [0.1, 0.15) is 11.3 Å². The Labute approximate surface area is 43.4 Å². The third-order valence-corrected chi connectivity index (χ3v) is 0.813. The highest BCUT2D eigenvalue weighted by molar-refractivity contribution is 5.24. The molecule has 0 fully saturated rings. The molecular weight excluding hydrogens is 86.1 g/mol. The SMILES string of the molecule is [CH]c1cc[nH]c1[CH]. The molecule has 0 atom stereocenters. The van der Waals surface area contributed by atoms with E-state index in [0.29, 0.717) is 11.3 Å². The molecule has 0 aliphatic rings. The summed E-state index contributed by atoms with van der Waals surface area (Å²) in [6.07, 6.45) is 1.70. The van der Waals surface area contributed by atoms with Crippen molar-refractivity contribution < 1.29 is 0 Å². The van der Waals surface area contributed by atoms with Crippen LogP contribution in [0.3, 0.4) is 0 Å². The summed E-state index contributed by atoms with van der Waals surface area (Å²) in [7, 11) is 0. The van der Waals surface area contributed by atoms with Crippen LogP contribution in [-0.2, 0) is 0 Å². The second-order valence-corrected chi connectivity index (χ2v) is 1.35. The molecule has 0 aliphatic carbocycles. The van der Waals surface area contributed by atoms with Gasteiger partial charge in [-0.15, -0.1) is 0 Å². The Morgan fingerprint density at radius 1 is 1.43 bits per heavy atom. The van der Waals surface area contributed by atoms with Crippen LogP contribution in [0.15, 0.2) is 12.3 Å². The van der Waals surface area contributed by atoms with Gasteiger partial charge in [-0.2, -0.15) is 0 Å². The lowest BCUT2D eigenvalue weighted by atomic mass is 10.3. The molecule has 7 heavy (non-hydrogen) atoms. The van der Waals surface area contributed by atoms with E-state index in [-0.39, 0.29) is 0 Å². The first kappa shape index (κ1) is 4.44. The van der Waals surface area contributed by atoms with Crippen LogP contribution in [0.5, 0.6) is 0 Å². The fourth-order valence-corrected chi connectivity index (χ4v) is 0.394. The predicted octanol–water partition coefficient (Wildman–Crippen LogP) is 1.13. The second-order valence-electron chi connectivity index (χ2n) is 1.35. The predicted molar refractivity (Wildman–Crippen MR) is 27.6 cm³/mol. The number of nitrogens with one attached hydrogen (secondary N) is 1. The summed E-state index contributed by atoms with van der Waals surface area (Å²) >= 11 is 0. The normalized spacial score (nSPS) is 9.43. The van der Waals surface area contributed by atoms with Crippen LogP contribution in [0, 0.1) is 13.8 Å². The molecule has 0 saturated carbocycles. The molecule has 0 aromatic carbocycles. The first-order chi connectivity index (χ1) is 3.30. The maximum absolute atomic E-state index is 5.28. The third-order valence-electron chi connectivity index (χ3n) is 0.813. The molecule has 1 nitrogen and oxygen atoms in total. The summed E-state index contributed by atoms with van der Waals surface area (Å²) in [6.45, 7) is 10.5. The van der Waals surface area contributed by atoms with Gasteiger partial charge in [0.25, 0.3) is 0 Å². The number of rotatable bonds is 0. The zero-order valence-electron chi connectivity index (χ0n) is 3.81. The van der Waals surface area contributed by atoms with Gasteiger partial charge in [0.1, 0.15) is 0 Å². The summed E-state index contributed by atoms with van der Waals surface area (Å²) in [5, 5.41) is 0. The molecule has 4 radical (unpaired) electrons. The van der Waals surface area contributed by atoms with Crippen LogP contribution in [-0.4, -0.2) is 4.98 Å². The molecule has 0 amide bonds. The fraction of sp³-hybridized carbons (Fsp3) is 0. The molecular formula is C6H5N. The first-order valence-corrected chi connectivity index (χ1v) is 1.99. The van der Waals surface area contributed by atoms with Crippen LogP contribution >= 0.6 is 0 Å². The topological polar surface area (TPSA) is 15.8 Å². The Morgan fingerprint density at radius 2 is 2.14 bits per heavy atom. The zero-order valence-corrected chi connectivity index (χ0v) is 3.81. The summed E-state index contributed by atoms with van der Waals surface area (Å²) in [6, 6.07) is 1.72. The molecule has 1 aromatic heterocycles. The Hall–Kier alpha value is -0.720. The van der Waals surface area contributed by atoms with Crippen LogP contribution < -0.4 is 0 Å². The Morgan fingerprint density at radius 3 is 2.29 bits per heavy atom. The lowest BCUT2D eigenvalue weighted by Gasteiger charge is -1.80. The van der Waals surface area contributed by atoms with Gasteiger partial charge in [-0.1, -0.05) is 0 Å². The van der Waals surface area contributed by atoms with E-state index in [9.17, 15) is 0 Å². The average Bonchev–Trinajstić information content (AvgIpc) is 1.91. The number of aromatic amines is 1. The molecule has 1 rings (SSSR count). The molecule has 0 saturated heterocycles. The van der Waals surface area contributed by atoms with Gasteiger partial charge in [0, 0.05) is 25.7 Å². The summed E-state index contributed by atoms with van der Waals surface area (Å²) in [4.78, 5) is 2.72. The monoisotopic (exact) mass is 91.0 g/mol. The number of H-pyrrole nitrogens is 1. The summed E-state index contributed by atoms with van der Waals surface area (Å²) in [5.74, 6) is 0. The van der Waals surface area contributed by atoms with E-state index in [2.05, 4.69) is 4.98 Å². The zero-order chi connectivity index (χ0) is 5.28. The van der Waals surface area contributed by atoms with E-state index in [1.165, 1.54) is 0 Å². The van der Waals surface area contributed by atoms with Gasteiger partial charge >= 0.3 is 0 Å². The van der Waals surface area contributed by atoms with Gasteiger partial charge in [-0.3, -0.25) is 0 Å². The van der Waals surface area contributed by atoms with E-state index in [0.717, 1.165) is 0 Å². The minimum absolute atomic E-state index is 0.542. The van der Waals surface area contributed by atoms with Crippen molar-refractivity contribution in [1.82, 2.24) is 4.98 Å². The Balaban J connectivity index is 3.12. The standard InChI is InChI=1S/C6H5N/c1-5-3-4-7-6(5)2/h1-4,7H. The second kappa shape index (κ2) is 1.41. The molecule has 0 unspecified atom stereocenters. The average molecular weight is 91.1 g/mol. The van der Waals surface area contributed by atoms with Crippen LogP contribution in [0.4, 0.5) is 0 Å². The van der Waals surface area contributed by atoms with Crippen molar-refractivity contribution in [2.24, 2.45) is 0 Å². The van der Waals surface area contributed by atoms with Gasteiger partial charge in [0.15, 0.2) is 0 Å². The molecule has 1 N–H and O–H groups in total. The number of hydrogen-bond donors (Lipinski definition) is 1. The molecule has 1 heterocycles. The Bertz CT molecular complexity index is 136. The third kappa shape index (κ3) is 0.660. The first-order valence-electron chi connectivity index (χ1n) is 1.99. The van der Waals surface area contributed by atoms with E-state index in [1.807, 2.05) is 0 Å². The van der Waals surface area contributed by atoms with Crippen LogP contribution in [0.2, 0.25) is 0 Å². The van der Waals surface area contributed by atoms with Gasteiger partial charge in [-0.25, -0.2) is 0 Å². The van der Waals surface area contributed by atoms with Crippen LogP contribution in [0.25, 0.3) is 0 Å². The lowest BCUT2D eigenvalue weighted by molar-refractivity contribution is 1.33. The van der Waals surface area contributed by atoms with E-state index in [1.54, 1.807) is 12.3 Å². The van der Waals surface area contributed by atoms with Gasteiger partial charge in [0.05, 0.1) is 0 Å². The minimum Gasteiger partial charge on any atom is -0.364 e. The molecule has 0 aliphatic heterocycles. The van der Waals surface area contributed by atoms with E-state index >= 15 is 0 Å². The van der Waals surface area contributed by atoms with Gasteiger partial charge in [-0.05, 0) is 11.6 Å². The highest BCUT2D eigenvalue weighted by Gasteiger charge is 1.86. The van der Waals surface area contributed by atoms with E-state index in [4.69, 9.17) is 13.8 Å². The van der Waals surface area contributed by atoms with Crippen molar-refractivity contribution >= 4 is 0 Å². The lowest BCUT2D eigenvalue weighted by Crippen LogP contribution is -1.69. The summed E-state index contributed by atoms with van der Waals surface area (Å²) in [5.41, 5.74) is 1.15. The quantitative estimate of drug-likeness (QED) is 0.492. The van der Waals surface area contributed by atoms with Crippen molar-refractivity contribution in [3.05, 3.63) is 37.4 Å². The molecule has 1 aromatic rings. The molecule has 0 bridgehead atoms. The smallest absolute Gasteiger partial charge is 0.0228 e. The molecule has 34 valence electrons. The van der Waals surface area contributed by atoms with Crippen molar-refractivity contribution in [3.8, 4) is 0 Å².